The molecule has 0 aliphatic carbocycles. The number of thiazole rings is 1. The van der Waals surface area contributed by atoms with Crippen molar-refractivity contribution in [2.24, 2.45) is 0 Å². The first kappa shape index (κ1) is 23.2. The number of aryl methyl sites for hydroxylation is 1. The summed E-state index contributed by atoms with van der Waals surface area (Å²) in [5.41, 5.74) is 4.06. The van der Waals surface area contributed by atoms with Gasteiger partial charge >= 0.3 is 0 Å². The summed E-state index contributed by atoms with van der Waals surface area (Å²) in [5.74, 6) is 0.312. The molecule has 0 aliphatic heterocycles. The van der Waals surface area contributed by atoms with E-state index in [-0.39, 0.29) is 11.8 Å². The first-order valence-electron chi connectivity index (χ1n) is 10.9. The quantitative estimate of drug-likeness (QED) is 0.330. The SMILES string of the molecule is CCOc1ccc(-c2nc(C)c(C(=O)Nc3cccc(C(=O)Nc4ccccc4)c3C)s2)cc1. The van der Waals surface area contributed by atoms with Crippen LogP contribution in [0.2, 0.25) is 0 Å². The number of hydrogen-bond acceptors (Lipinski definition) is 5. The highest BCUT2D eigenvalue weighted by Gasteiger charge is 2.19. The van der Waals surface area contributed by atoms with Crippen LogP contribution in [0.1, 0.15) is 38.2 Å². The van der Waals surface area contributed by atoms with Crippen molar-refractivity contribution in [3.63, 3.8) is 0 Å². The van der Waals surface area contributed by atoms with E-state index in [1.54, 1.807) is 18.2 Å². The minimum absolute atomic E-state index is 0.230. The van der Waals surface area contributed by atoms with Crippen molar-refractivity contribution in [3.05, 3.63) is 94.5 Å². The second-order valence-corrected chi connectivity index (χ2v) is 8.64. The molecule has 0 unspecified atom stereocenters. The number of nitrogens with one attached hydrogen (secondary N) is 2. The highest BCUT2D eigenvalue weighted by atomic mass is 32.1. The zero-order valence-corrected chi connectivity index (χ0v) is 20.0. The number of benzene rings is 3. The molecule has 172 valence electrons. The standard InChI is InChI=1S/C27H25N3O3S/c1-4-33-21-15-13-19(14-16-21)27-28-18(3)24(34-27)26(32)30-23-12-8-11-22(17(23)2)25(31)29-20-9-6-5-7-10-20/h5-16H,4H2,1-3H3,(H,29,31)(H,30,32). The number of nitrogens with zero attached hydrogens (tertiary/aromatic N) is 1. The van der Waals surface area contributed by atoms with Crippen LogP contribution in [0.5, 0.6) is 5.75 Å². The summed E-state index contributed by atoms with van der Waals surface area (Å²) < 4.78 is 5.49. The van der Waals surface area contributed by atoms with E-state index in [0.717, 1.165) is 16.3 Å². The van der Waals surface area contributed by atoms with Crippen molar-refractivity contribution in [3.8, 4) is 16.3 Å². The van der Waals surface area contributed by atoms with Crippen LogP contribution < -0.4 is 15.4 Å². The van der Waals surface area contributed by atoms with E-state index in [2.05, 4.69) is 15.6 Å². The summed E-state index contributed by atoms with van der Waals surface area (Å²) in [4.78, 5) is 31.0. The number of carbonyl (C=O) groups is 2. The third-order valence-electron chi connectivity index (χ3n) is 5.27. The van der Waals surface area contributed by atoms with Gasteiger partial charge in [0.1, 0.15) is 15.6 Å². The highest BCUT2D eigenvalue weighted by molar-refractivity contribution is 7.17. The average Bonchev–Trinajstić information content (AvgIpc) is 3.23. The predicted octanol–water partition coefficient (Wildman–Crippen LogP) is 6.33. The molecule has 34 heavy (non-hydrogen) atoms. The molecule has 1 heterocycles. The molecule has 0 aliphatic rings. The van der Waals surface area contributed by atoms with Gasteiger partial charge in [-0.25, -0.2) is 4.98 Å². The molecule has 4 rings (SSSR count). The monoisotopic (exact) mass is 471 g/mol. The van der Waals surface area contributed by atoms with E-state index in [9.17, 15) is 9.59 Å². The lowest BCUT2D eigenvalue weighted by molar-refractivity contribution is 0.101. The molecule has 4 aromatic rings. The summed E-state index contributed by atoms with van der Waals surface area (Å²) in [5, 5.41) is 6.60. The van der Waals surface area contributed by atoms with Gasteiger partial charge in [0.2, 0.25) is 0 Å². The van der Waals surface area contributed by atoms with Gasteiger partial charge in [-0.3, -0.25) is 9.59 Å². The third-order valence-corrected chi connectivity index (χ3v) is 6.48. The van der Waals surface area contributed by atoms with Gasteiger partial charge in [0.25, 0.3) is 11.8 Å². The lowest BCUT2D eigenvalue weighted by Crippen LogP contribution is -2.16. The summed E-state index contributed by atoms with van der Waals surface area (Å²) in [6.45, 7) is 6.19. The summed E-state index contributed by atoms with van der Waals surface area (Å²) in [7, 11) is 0. The molecule has 0 fully saturated rings. The normalized spacial score (nSPS) is 10.6. The van der Waals surface area contributed by atoms with Gasteiger partial charge in [0, 0.05) is 22.5 Å². The van der Waals surface area contributed by atoms with Crippen molar-refractivity contribution < 1.29 is 14.3 Å². The lowest BCUT2D eigenvalue weighted by Gasteiger charge is -2.12. The molecule has 0 spiro atoms. The Morgan fingerprint density at radius 3 is 2.32 bits per heavy atom. The van der Waals surface area contributed by atoms with Crippen LogP contribution >= 0.6 is 11.3 Å². The van der Waals surface area contributed by atoms with Crippen molar-refractivity contribution >= 4 is 34.5 Å². The summed E-state index contributed by atoms with van der Waals surface area (Å²) in [6.07, 6.45) is 0. The van der Waals surface area contributed by atoms with Gasteiger partial charge < -0.3 is 15.4 Å². The molecular weight excluding hydrogens is 446 g/mol. The van der Waals surface area contributed by atoms with Crippen molar-refractivity contribution in [1.82, 2.24) is 4.98 Å². The second-order valence-electron chi connectivity index (χ2n) is 7.64. The highest BCUT2D eigenvalue weighted by Crippen LogP contribution is 2.30. The Kier molecular flexibility index (Phi) is 7.04. The largest absolute Gasteiger partial charge is 0.494 e. The third kappa shape index (κ3) is 5.15. The first-order chi connectivity index (χ1) is 16.5. The van der Waals surface area contributed by atoms with Crippen LogP contribution in [0.3, 0.4) is 0 Å². The Morgan fingerprint density at radius 1 is 0.882 bits per heavy atom. The molecule has 6 nitrogen and oxygen atoms in total. The average molecular weight is 472 g/mol. The fraction of sp³-hybridized carbons (Fsp3) is 0.148. The maximum atomic E-state index is 13.1. The number of hydrogen-bond donors (Lipinski definition) is 2. The molecule has 0 atom stereocenters. The van der Waals surface area contributed by atoms with Crippen molar-refractivity contribution in [2.75, 3.05) is 17.2 Å². The van der Waals surface area contributed by atoms with E-state index >= 15 is 0 Å². The van der Waals surface area contributed by atoms with Crippen molar-refractivity contribution in [2.45, 2.75) is 20.8 Å². The van der Waals surface area contributed by atoms with Crippen LogP contribution in [0.15, 0.2) is 72.8 Å². The number of para-hydroxylation sites is 1. The van der Waals surface area contributed by atoms with E-state index in [1.807, 2.05) is 75.4 Å². The Hall–Kier alpha value is -3.97. The minimum atomic E-state index is -0.254. The summed E-state index contributed by atoms with van der Waals surface area (Å²) >= 11 is 1.33. The van der Waals surface area contributed by atoms with Crippen LogP contribution in [-0.2, 0) is 0 Å². The van der Waals surface area contributed by atoms with E-state index < -0.39 is 0 Å². The Morgan fingerprint density at radius 2 is 1.62 bits per heavy atom. The molecular formula is C27H25N3O3S. The summed E-state index contributed by atoms with van der Waals surface area (Å²) in [6, 6.07) is 22.2. The van der Waals surface area contributed by atoms with Gasteiger partial charge in [-0.1, -0.05) is 24.3 Å². The van der Waals surface area contributed by atoms with E-state index in [4.69, 9.17) is 4.74 Å². The van der Waals surface area contributed by atoms with Crippen molar-refractivity contribution in [1.29, 1.82) is 0 Å². The molecule has 0 saturated heterocycles. The maximum absolute atomic E-state index is 13.1. The fourth-order valence-electron chi connectivity index (χ4n) is 3.51. The molecule has 0 radical (unpaired) electrons. The maximum Gasteiger partial charge on any atom is 0.267 e. The molecule has 0 saturated carbocycles. The zero-order chi connectivity index (χ0) is 24.1. The number of aromatic nitrogens is 1. The lowest BCUT2D eigenvalue weighted by atomic mass is 10.1. The fourth-order valence-corrected chi connectivity index (χ4v) is 4.47. The second kappa shape index (κ2) is 10.3. The van der Waals surface area contributed by atoms with Gasteiger partial charge in [-0.15, -0.1) is 11.3 Å². The van der Waals surface area contributed by atoms with Gasteiger partial charge in [-0.05, 0) is 74.9 Å². The van der Waals surface area contributed by atoms with E-state index in [1.165, 1.54) is 11.3 Å². The molecule has 7 heteroatoms. The number of anilines is 2. The van der Waals surface area contributed by atoms with Crippen LogP contribution in [0.4, 0.5) is 11.4 Å². The smallest absolute Gasteiger partial charge is 0.267 e. The van der Waals surface area contributed by atoms with E-state index in [0.29, 0.717) is 39.7 Å². The first-order valence-corrected chi connectivity index (χ1v) is 11.8. The number of rotatable bonds is 7. The molecule has 3 aromatic carbocycles. The molecule has 2 amide bonds. The van der Waals surface area contributed by atoms with Gasteiger partial charge in [-0.2, -0.15) is 0 Å². The van der Waals surface area contributed by atoms with Crippen LogP contribution in [0.25, 0.3) is 10.6 Å². The Bertz CT molecular complexity index is 1310. The topological polar surface area (TPSA) is 80.3 Å². The van der Waals surface area contributed by atoms with Crippen LogP contribution in [-0.4, -0.2) is 23.4 Å². The molecule has 0 bridgehead atoms. The van der Waals surface area contributed by atoms with Gasteiger partial charge in [0.05, 0.1) is 12.3 Å². The molecule has 1 aromatic heterocycles. The van der Waals surface area contributed by atoms with Gasteiger partial charge in [0.15, 0.2) is 0 Å². The minimum Gasteiger partial charge on any atom is -0.494 e. The Balaban J connectivity index is 1.52. The molecule has 2 N–H and O–H groups in total. The zero-order valence-electron chi connectivity index (χ0n) is 19.2. The predicted molar refractivity (Wildman–Crippen MR) is 137 cm³/mol. The number of carbonyl (C=O) groups excluding carboxylic acids is 2. The number of amides is 2. The van der Waals surface area contributed by atoms with Crippen LogP contribution in [0, 0.1) is 13.8 Å². The number of ether oxygens (including phenoxy) is 1. The Labute approximate surface area is 202 Å².